The number of benzene rings is 1. The molecule has 0 radical (unpaired) electrons. The number of pyridine rings is 2. The van der Waals surface area contributed by atoms with Gasteiger partial charge in [-0.15, -0.1) is 0 Å². The lowest BCUT2D eigenvalue weighted by atomic mass is 10.0. The average Bonchev–Trinajstić information content (AvgIpc) is 3.53. The highest BCUT2D eigenvalue weighted by Crippen LogP contribution is 2.39. The second-order valence-electron chi connectivity index (χ2n) is 8.77. The first-order valence-electron chi connectivity index (χ1n) is 12.2. The molecule has 4 heterocycles. The van der Waals surface area contributed by atoms with Crippen LogP contribution >= 0.6 is 23.8 Å². The lowest BCUT2D eigenvalue weighted by Crippen LogP contribution is -2.33. The van der Waals surface area contributed by atoms with Gasteiger partial charge in [-0.05, 0) is 66.7 Å². The molecule has 1 aliphatic rings. The van der Waals surface area contributed by atoms with Crippen molar-refractivity contribution in [3.8, 4) is 5.82 Å². The van der Waals surface area contributed by atoms with Crippen molar-refractivity contribution in [3.05, 3.63) is 107 Å². The molecule has 1 fully saturated rings. The third-order valence-electron chi connectivity index (χ3n) is 6.49. The Bertz CT molecular complexity index is 1390. The van der Waals surface area contributed by atoms with Crippen LogP contribution < -0.4 is 10.6 Å². The molecule has 9 heteroatoms. The lowest BCUT2D eigenvalue weighted by molar-refractivity contribution is -0.116. The van der Waals surface area contributed by atoms with Crippen molar-refractivity contribution in [2.45, 2.75) is 31.8 Å². The van der Waals surface area contributed by atoms with Crippen molar-refractivity contribution < 1.29 is 4.79 Å². The number of thiocarbonyl (C=S) groups is 1. The van der Waals surface area contributed by atoms with Crippen molar-refractivity contribution in [1.29, 1.82) is 0 Å². The second kappa shape index (κ2) is 11.1. The van der Waals surface area contributed by atoms with Crippen LogP contribution in [-0.2, 0) is 11.2 Å². The topological polar surface area (TPSA) is 75.1 Å². The largest absolute Gasteiger partial charge is 0.352 e. The van der Waals surface area contributed by atoms with Gasteiger partial charge in [-0.2, -0.15) is 0 Å². The standard InChI is InChI=1S/C28H27ClN6OS/c1-2-19-8-3-4-9-21(19)32-25(36)14-17-35-27(26(33-28(35)37)22-10-5-6-15-30-22)23-11-7-16-34(23)24-13-12-20(29)18-31-24/h3-13,15-16,18,26-27H,2,14,17H2,1H3,(H,32,36)(H,33,37)/t26-,27+/m1/s1. The van der Waals surface area contributed by atoms with Gasteiger partial charge in [0.15, 0.2) is 5.11 Å². The Hall–Kier alpha value is -3.75. The van der Waals surface area contributed by atoms with Gasteiger partial charge >= 0.3 is 0 Å². The molecule has 0 saturated carbocycles. The summed E-state index contributed by atoms with van der Waals surface area (Å²) in [5.74, 6) is 0.689. The molecule has 188 valence electrons. The normalized spacial score (nSPS) is 17.0. The number of amides is 1. The van der Waals surface area contributed by atoms with Crippen molar-refractivity contribution in [2.75, 3.05) is 11.9 Å². The summed E-state index contributed by atoms with van der Waals surface area (Å²) in [4.78, 5) is 24.2. The number of carbonyl (C=O) groups is 1. The van der Waals surface area contributed by atoms with Crippen molar-refractivity contribution in [2.24, 2.45) is 0 Å². The number of rotatable bonds is 8. The number of hydrogen-bond donors (Lipinski definition) is 2. The van der Waals surface area contributed by atoms with Crippen molar-refractivity contribution in [1.82, 2.24) is 24.8 Å². The highest BCUT2D eigenvalue weighted by Gasteiger charge is 2.41. The Morgan fingerprint density at radius 2 is 1.92 bits per heavy atom. The van der Waals surface area contributed by atoms with E-state index in [9.17, 15) is 4.79 Å². The summed E-state index contributed by atoms with van der Waals surface area (Å²) in [6, 6.07) is 21.0. The zero-order chi connectivity index (χ0) is 25.8. The van der Waals surface area contributed by atoms with Crippen LogP contribution in [-0.4, -0.2) is 37.0 Å². The minimum atomic E-state index is -0.203. The maximum absolute atomic E-state index is 13.0. The maximum Gasteiger partial charge on any atom is 0.226 e. The van der Waals surface area contributed by atoms with Gasteiger partial charge in [0.2, 0.25) is 5.91 Å². The van der Waals surface area contributed by atoms with Crippen LogP contribution in [0.3, 0.4) is 0 Å². The van der Waals surface area contributed by atoms with Crippen LogP contribution in [0.2, 0.25) is 5.02 Å². The van der Waals surface area contributed by atoms with E-state index >= 15 is 0 Å². The Labute approximate surface area is 226 Å². The monoisotopic (exact) mass is 530 g/mol. The summed E-state index contributed by atoms with van der Waals surface area (Å²) in [6.45, 7) is 2.52. The molecule has 4 aromatic rings. The predicted molar refractivity (Wildman–Crippen MR) is 150 cm³/mol. The summed E-state index contributed by atoms with van der Waals surface area (Å²) < 4.78 is 2.02. The van der Waals surface area contributed by atoms with Crippen LogP contribution in [0.15, 0.2) is 85.3 Å². The summed E-state index contributed by atoms with van der Waals surface area (Å²) in [5.41, 5.74) is 3.81. The fourth-order valence-corrected chi connectivity index (χ4v) is 5.15. The molecule has 1 aromatic carbocycles. The summed E-state index contributed by atoms with van der Waals surface area (Å²) in [6.07, 6.45) is 6.50. The first-order valence-corrected chi connectivity index (χ1v) is 13.0. The van der Waals surface area contributed by atoms with Crippen molar-refractivity contribution >= 4 is 40.5 Å². The van der Waals surface area contributed by atoms with E-state index in [0.29, 0.717) is 16.7 Å². The van der Waals surface area contributed by atoms with E-state index in [1.807, 2.05) is 71.4 Å². The molecule has 0 bridgehead atoms. The van der Waals surface area contributed by atoms with E-state index in [1.165, 1.54) is 0 Å². The molecule has 7 nitrogen and oxygen atoms in total. The molecule has 2 atom stereocenters. The maximum atomic E-state index is 13.0. The van der Waals surface area contributed by atoms with Crippen LogP contribution in [0.4, 0.5) is 5.69 Å². The van der Waals surface area contributed by atoms with E-state index in [1.54, 1.807) is 12.4 Å². The fourth-order valence-electron chi connectivity index (χ4n) is 4.71. The minimum Gasteiger partial charge on any atom is -0.352 e. The van der Waals surface area contributed by atoms with E-state index in [-0.39, 0.29) is 24.4 Å². The average molecular weight is 531 g/mol. The molecule has 5 rings (SSSR count). The van der Waals surface area contributed by atoms with E-state index in [2.05, 4.69) is 38.5 Å². The van der Waals surface area contributed by atoms with Gasteiger partial charge < -0.3 is 20.1 Å². The van der Waals surface area contributed by atoms with Crippen LogP contribution in [0.1, 0.15) is 42.4 Å². The summed E-state index contributed by atoms with van der Waals surface area (Å²) in [7, 11) is 0. The lowest BCUT2D eigenvalue weighted by Gasteiger charge is -2.28. The van der Waals surface area contributed by atoms with Gasteiger partial charge in [-0.3, -0.25) is 9.78 Å². The third-order valence-corrected chi connectivity index (χ3v) is 7.07. The SMILES string of the molecule is CCc1ccccc1NC(=O)CCN1C(=S)N[C@H](c2ccccn2)[C@@H]1c1cccn1-c1ccc(Cl)cn1. The smallest absolute Gasteiger partial charge is 0.226 e. The van der Waals surface area contributed by atoms with E-state index in [4.69, 9.17) is 23.8 Å². The molecule has 1 saturated heterocycles. The molecular formula is C28H27ClN6OS. The minimum absolute atomic E-state index is 0.0570. The number of para-hydroxylation sites is 1. The van der Waals surface area contributed by atoms with Crippen molar-refractivity contribution in [3.63, 3.8) is 0 Å². The van der Waals surface area contributed by atoms with Gasteiger partial charge in [-0.1, -0.05) is 42.8 Å². The van der Waals surface area contributed by atoms with Gasteiger partial charge in [0.1, 0.15) is 5.82 Å². The van der Waals surface area contributed by atoms with E-state index in [0.717, 1.165) is 34.9 Å². The number of carbonyl (C=O) groups excluding carboxylic acids is 1. The first-order chi connectivity index (χ1) is 18.0. The van der Waals surface area contributed by atoms with E-state index < -0.39 is 0 Å². The molecule has 1 aliphatic heterocycles. The Kier molecular flexibility index (Phi) is 7.48. The van der Waals surface area contributed by atoms with Gasteiger partial charge in [-0.25, -0.2) is 4.98 Å². The molecule has 0 unspecified atom stereocenters. The Morgan fingerprint density at radius 1 is 1.08 bits per heavy atom. The van der Waals surface area contributed by atoms with Crippen LogP contribution in [0.25, 0.3) is 5.82 Å². The number of aryl methyl sites for hydroxylation is 1. The number of aromatic nitrogens is 3. The number of anilines is 1. The zero-order valence-corrected chi connectivity index (χ0v) is 21.9. The predicted octanol–water partition coefficient (Wildman–Crippen LogP) is 5.48. The Balaban J connectivity index is 1.43. The zero-order valence-electron chi connectivity index (χ0n) is 20.3. The highest BCUT2D eigenvalue weighted by molar-refractivity contribution is 7.80. The van der Waals surface area contributed by atoms with Gasteiger partial charge in [0, 0.05) is 42.9 Å². The number of hydrogen-bond acceptors (Lipinski definition) is 4. The number of nitrogens with zero attached hydrogens (tertiary/aromatic N) is 4. The molecule has 0 spiro atoms. The molecule has 2 N–H and O–H groups in total. The fraction of sp³-hybridized carbons (Fsp3) is 0.214. The second-order valence-corrected chi connectivity index (χ2v) is 9.59. The quantitative estimate of drug-likeness (QED) is 0.294. The summed E-state index contributed by atoms with van der Waals surface area (Å²) in [5, 5.41) is 7.67. The molecular weight excluding hydrogens is 504 g/mol. The molecule has 37 heavy (non-hydrogen) atoms. The van der Waals surface area contributed by atoms with Gasteiger partial charge in [0.25, 0.3) is 0 Å². The van der Waals surface area contributed by atoms with Gasteiger partial charge in [0.05, 0.1) is 22.8 Å². The highest BCUT2D eigenvalue weighted by atomic mass is 35.5. The van der Waals surface area contributed by atoms with Crippen LogP contribution in [0, 0.1) is 0 Å². The number of halogens is 1. The van der Waals surface area contributed by atoms with Crippen LogP contribution in [0.5, 0.6) is 0 Å². The molecule has 1 amide bonds. The summed E-state index contributed by atoms with van der Waals surface area (Å²) >= 11 is 11.9. The third kappa shape index (κ3) is 5.35. The number of nitrogens with one attached hydrogen (secondary N) is 2. The molecule has 0 aliphatic carbocycles. The Morgan fingerprint density at radius 3 is 2.68 bits per heavy atom. The molecule has 3 aromatic heterocycles. The first kappa shape index (κ1) is 24.9.